The topological polar surface area (TPSA) is 20.2 Å². The fraction of sp³-hybridized carbons (Fsp3) is 1.00. The Balaban J connectivity index is 1.98. The molecule has 0 aromatic carbocycles. The second kappa shape index (κ2) is 2.85. The van der Waals surface area contributed by atoms with Crippen LogP contribution in [-0.4, -0.2) is 10.7 Å². The van der Waals surface area contributed by atoms with Crippen molar-refractivity contribution in [2.75, 3.05) is 0 Å². The van der Waals surface area contributed by atoms with E-state index in [9.17, 15) is 5.11 Å². The van der Waals surface area contributed by atoms with E-state index in [1.807, 2.05) is 0 Å². The van der Waals surface area contributed by atoms with Crippen LogP contribution in [0.5, 0.6) is 0 Å². The lowest BCUT2D eigenvalue weighted by molar-refractivity contribution is -0.122. The molecule has 0 heterocycles. The van der Waals surface area contributed by atoms with Gasteiger partial charge < -0.3 is 5.11 Å². The molecule has 0 amide bonds. The summed E-state index contributed by atoms with van der Waals surface area (Å²) in [5.41, 5.74) is 0.532. The Hall–Kier alpha value is -0.0400. The van der Waals surface area contributed by atoms with E-state index in [-0.39, 0.29) is 0 Å². The van der Waals surface area contributed by atoms with Crippen molar-refractivity contribution in [2.24, 2.45) is 28.6 Å². The zero-order valence-electron chi connectivity index (χ0n) is 11.2. The second-order valence-corrected chi connectivity index (χ2v) is 7.83. The van der Waals surface area contributed by atoms with Crippen molar-refractivity contribution in [1.29, 1.82) is 0 Å². The molecular formula is C15H26O. The van der Waals surface area contributed by atoms with Gasteiger partial charge in [-0.25, -0.2) is 0 Å². The van der Waals surface area contributed by atoms with Gasteiger partial charge in [-0.2, -0.15) is 0 Å². The molecule has 0 aliphatic heterocycles. The van der Waals surface area contributed by atoms with E-state index in [0.717, 1.165) is 18.3 Å². The Morgan fingerprint density at radius 1 is 1.00 bits per heavy atom. The first kappa shape index (κ1) is 11.1. The first-order valence-corrected chi connectivity index (χ1v) is 7.01. The van der Waals surface area contributed by atoms with Gasteiger partial charge in [0.25, 0.3) is 0 Å². The summed E-state index contributed by atoms with van der Waals surface area (Å²) in [6.45, 7) is 9.37. The number of hydrogen-bond acceptors (Lipinski definition) is 1. The SMILES string of the molecule is CC1(C)[C@@H]2[C@H]1CC[C@@]1(C)CCC[C@](C)(O)[C@@H]21. The van der Waals surface area contributed by atoms with E-state index in [1.54, 1.807) is 0 Å². The third-order valence-corrected chi connectivity index (χ3v) is 6.38. The third kappa shape index (κ3) is 1.21. The molecule has 0 bridgehead atoms. The van der Waals surface area contributed by atoms with Gasteiger partial charge in [-0.3, -0.25) is 0 Å². The monoisotopic (exact) mass is 222 g/mol. The van der Waals surface area contributed by atoms with Crippen LogP contribution in [0, 0.1) is 28.6 Å². The fourth-order valence-electron chi connectivity index (χ4n) is 5.50. The average molecular weight is 222 g/mol. The standard InChI is InChI=1S/C15H26O/c1-13(2)10-6-9-14(3)7-5-8-15(4,16)12(14)11(10)13/h10-12,16H,5-9H2,1-4H3/t10-,11-,12+,14-,15+/m1/s1. The molecule has 0 spiro atoms. The average Bonchev–Trinajstić information content (AvgIpc) is 2.66. The highest BCUT2D eigenvalue weighted by molar-refractivity contribution is 5.18. The third-order valence-electron chi connectivity index (χ3n) is 6.38. The van der Waals surface area contributed by atoms with Crippen LogP contribution in [0.1, 0.15) is 59.8 Å². The largest absolute Gasteiger partial charge is 0.390 e. The summed E-state index contributed by atoms with van der Waals surface area (Å²) in [6.07, 6.45) is 6.33. The molecule has 0 saturated heterocycles. The first-order chi connectivity index (χ1) is 7.29. The summed E-state index contributed by atoms with van der Waals surface area (Å²) in [5, 5.41) is 10.8. The minimum atomic E-state index is -0.399. The van der Waals surface area contributed by atoms with Gasteiger partial charge in [0.2, 0.25) is 0 Å². The Morgan fingerprint density at radius 3 is 2.38 bits per heavy atom. The minimum Gasteiger partial charge on any atom is -0.390 e. The molecule has 1 nitrogen and oxygen atoms in total. The lowest BCUT2D eigenvalue weighted by Gasteiger charge is -2.52. The molecule has 3 saturated carbocycles. The van der Waals surface area contributed by atoms with Crippen LogP contribution in [-0.2, 0) is 0 Å². The number of aliphatic hydroxyl groups is 1. The molecule has 16 heavy (non-hydrogen) atoms. The van der Waals surface area contributed by atoms with Crippen LogP contribution >= 0.6 is 0 Å². The molecular weight excluding hydrogens is 196 g/mol. The summed E-state index contributed by atoms with van der Waals surface area (Å²) in [5.74, 6) is 2.25. The predicted octanol–water partition coefficient (Wildman–Crippen LogP) is 3.61. The van der Waals surface area contributed by atoms with Crippen LogP contribution < -0.4 is 0 Å². The molecule has 0 radical (unpaired) electrons. The maximum atomic E-state index is 10.8. The zero-order valence-corrected chi connectivity index (χ0v) is 11.2. The highest BCUT2D eigenvalue weighted by atomic mass is 16.3. The van der Waals surface area contributed by atoms with Gasteiger partial charge in [0.15, 0.2) is 0 Å². The Labute approximate surface area is 99.6 Å². The van der Waals surface area contributed by atoms with Gasteiger partial charge >= 0.3 is 0 Å². The normalized spacial score (nSPS) is 58.7. The van der Waals surface area contributed by atoms with Crippen molar-refractivity contribution < 1.29 is 5.11 Å². The van der Waals surface area contributed by atoms with Crippen LogP contribution in [0.2, 0.25) is 0 Å². The summed E-state index contributed by atoms with van der Waals surface area (Å²) in [4.78, 5) is 0. The van der Waals surface area contributed by atoms with Crippen molar-refractivity contribution >= 4 is 0 Å². The number of rotatable bonds is 0. The van der Waals surface area contributed by atoms with Gasteiger partial charge in [0.05, 0.1) is 5.60 Å². The Morgan fingerprint density at radius 2 is 1.69 bits per heavy atom. The van der Waals surface area contributed by atoms with Crippen molar-refractivity contribution in [3.63, 3.8) is 0 Å². The molecule has 0 aromatic heterocycles. The van der Waals surface area contributed by atoms with Crippen molar-refractivity contribution in [3.05, 3.63) is 0 Å². The zero-order chi connectivity index (χ0) is 11.8. The predicted molar refractivity (Wildman–Crippen MR) is 66.1 cm³/mol. The lowest BCUT2D eigenvalue weighted by atomic mass is 9.55. The van der Waals surface area contributed by atoms with Crippen LogP contribution in [0.15, 0.2) is 0 Å². The molecule has 0 unspecified atom stereocenters. The molecule has 5 atom stereocenters. The highest BCUT2D eigenvalue weighted by Gasteiger charge is 2.69. The van der Waals surface area contributed by atoms with Gasteiger partial charge in [0.1, 0.15) is 0 Å². The van der Waals surface area contributed by atoms with Gasteiger partial charge in [-0.05, 0) is 61.2 Å². The lowest BCUT2D eigenvalue weighted by Crippen LogP contribution is -2.51. The summed E-state index contributed by atoms with van der Waals surface area (Å²) >= 11 is 0. The maximum absolute atomic E-state index is 10.8. The van der Waals surface area contributed by atoms with Crippen LogP contribution in [0.3, 0.4) is 0 Å². The Bertz CT molecular complexity index is 317. The number of fused-ring (bicyclic) bond motifs is 3. The summed E-state index contributed by atoms with van der Waals surface area (Å²) < 4.78 is 0. The van der Waals surface area contributed by atoms with E-state index < -0.39 is 5.60 Å². The van der Waals surface area contributed by atoms with Crippen molar-refractivity contribution in [1.82, 2.24) is 0 Å². The van der Waals surface area contributed by atoms with E-state index >= 15 is 0 Å². The van der Waals surface area contributed by atoms with E-state index in [2.05, 4.69) is 27.7 Å². The van der Waals surface area contributed by atoms with Gasteiger partial charge in [0, 0.05) is 0 Å². The molecule has 3 fully saturated rings. The molecule has 3 aliphatic rings. The van der Waals surface area contributed by atoms with E-state index in [1.165, 1.54) is 25.7 Å². The molecule has 3 aliphatic carbocycles. The first-order valence-electron chi connectivity index (χ1n) is 7.01. The smallest absolute Gasteiger partial charge is 0.0656 e. The van der Waals surface area contributed by atoms with Gasteiger partial charge in [-0.1, -0.05) is 27.2 Å². The van der Waals surface area contributed by atoms with E-state index in [0.29, 0.717) is 16.7 Å². The maximum Gasteiger partial charge on any atom is 0.0656 e. The summed E-state index contributed by atoms with van der Waals surface area (Å²) in [7, 11) is 0. The minimum absolute atomic E-state index is 0.399. The second-order valence-electron chi connectivity index (χ2n) is 7.83. The highest BCUT2D eigenvalue weighted by Crippen LogP contribution is 2.74. The quantitative estimate of drug-likeness (QED) is 0.664. The fourth-order valence-corrected chi connectivity index (χ4v) is 5.50. The Kier molecular flexibility index (Phi) is 1.98. The van der Waals surface area contributed by atoms with Crippen LogP contribution in [0.25, 0.3) is 0 Å². The molecule has 1 heteroatoms. The van der Waals surface area contributed by atoms with Gasteiger partial charge in [-0.15, -0.1) is 0 Å². The van der Waals surface area contributed by atoms with E-state index in [4.69, 9.17) is 0 Å². The molecule has 3 rings (SSSR count). The van der Waals surface area contributed by atoms with Crippen molar-refractivity contribution in [3.8, 4) is 0 Å². The van der Waals surface area contributed by atoms with Crippen molar-refractivity contribution in [2.45, 2.75) is 65.4 Å². The number of hydrogen-bond donors (Lipinski definition) is 1. The summed E-state index contributed by atoms with van der Waals surface area (Å²) in [6, 6.07) is 0. The molecule has 0 aromatic rings. The molecule has 92 valence electrons. The van der Waals surface area contributed by atoms with Crippen LogP contribution in [0.4, 0.5) is 0 Å². The molecule has 1 N–H and O–H groups in total.